The summed E-state index contributed by atoms with van der Waals surface area (Å²) in [5.74, 6) is -0.581. The molecule has 0 aromatic heterocycles. The molecule has 0 bridgehead atoms. The molecule has 1 saturated heterocycles. The van der Waals surface area contributed by atoms with Crippen LogP contribution in [0.15, 0.2) is 60.7 Å². The summed E-state index contributed by atoms with van der Waals surface area (Å²) in [7, 11) is 3.06. The molecule has 3 rings (SSSR count). The van der Waals surface area contributed by atoms with Crippen molar-refractivity contribution in [2.75, 3.05) is 21.3 Å². The highest BCUT2D eigenvalue weighted by atomic mass is 32.2. The van der Waals surface area contributed by atoms with Gasteiger partial charge in [-0.2, -0.15) is 0 Å². The minimum Gasteiger partial charge on any atom is -0.548 e. The van der Waals surface area contributed by atoms with Crippen molar-refractivity contribution in [3.63, 3.8) is 0 Å². The molecule has 0 amide bonds. The van der Waals surface area contributed by atoms with Crippen LogP contribution in [0.2, 0.25) is 5.04 Å². The van der Waals surface area contributed by atoms with E-state index in [4.69, 9.17) is 27.6 Å². The maximum atomic E-state index is 13.7. The summed E-state index contributed by atoms with van der Waals surface area (Å²) in [4.78, 5) is 27.2. The number of rotatable bonds is 19. The van der Waals surface area contributed by atoms with Crippen LogP contribution >= 0.6 is 12.0 Å². The molecule has 10 heteroatoms. The maximum absolute atomic E-state index is 13.7. The van der Waals surface area contributed by atoms with Crippen LogP contribution in [0.5, 0.6) is 11.5 Å². The second kappa shape index (κ2) is 15.7. The van der Waals surface area contributed by atoms with E-state index in [0.29, 0.717) is 44.3 Å². The van der Waals surface area contributed by atoms with Gasteiger partial charge in [0.15, 0.2) is 0 Å². The average Bonchev–Trinajstić information content (AvgIpc) is 3.20. The summed E-state index contributed by atoms with van der Waals surface area (Å²) in [6.07, 6.45) is 4.75. The van der Waals surface area contributed by atoms with Crippen molar-refractivity contribution in [1.82, 2.24) is 0 Å². The van der Waals surface area contributed by atoms with Crippen molar-refractivity contribution in [2.45, 2.75) is 81.5 Å². The van der Waals surface area contributed by atoms with Crippen LogP contribution in [0.1, 0.15) is 65.2 Å². The van der Waals surface area contributed by atoms with Crippen LogP contribution in [-0.2, 0) is 28.5 Å². The average molecular weight is 605 g/mol. The van der Waals surface area contributed by atoms with Crippen molar-refractivity contribution in [3.05, 3.63) is 60.7 Å². The Balaban J connectivity index is 1.89. The molecule has 0 saturated carbocycles. The smallest absolute Gasteiger partial charge is 0.321 e. The SMILES string of the molecule is CCCC1(CCC(CCC(OC)(OC)OC)SOc2ccccc2)C(=O)OC(=O)C1(CCC)[SiH2]Oc1ccccc1. The minimum absolute atomic E-state index is 0.0525. The summed E-state index contributed by atoms with van der Waals surface area (Å²) < 4.78 is 34.5. The molecule has 1 aliphatic rings. The van der Waals surface area contributed by atoms with Crippen LogP contribution in [0, 0.1) is 5.41 Å². The lowest BCUT2D eigenvalue weighted by molar-refractivity contribution is -0.355. The van der Waals surface area contributed by atoms with Gasteiger partial charge in [-0.3, -0.25) is 9.59 Å². The fourth-order valence-corrected chi connectivity index (χ4v) is 8.66. The highest BCUT2D eigenvalue weighted by Crippen LogP contribution is 2.61. The Bertz CT molecular complexity index is 1080. The van der Waals surface area contributed by atoms with Gasteiger partial charge in [0.1, 0.15) is 16.5 Å². The molecule has 0 spiro atoms. The first kappa shape index (κ1) is 33.1. The number of methoxy groups -OCH3 is 3. The van der Waals surface area contributed by atoms with Crippen LogP contribution < -0.4 is 8.61 Å². The Hall–Kier alpha value is -2.37. The number of ether oxygens (including phenoxy) is 4. The topological polar surface area (TPSA) is 89.5 Å². The lowest BCUT2D eigenvalue weighted by Crippen LogP contribution is -2.45. The van der Waals surface area contributed by atoms with Crippen molar-refractivity contribution in [3.8, 4) is 11.5 Å². The summed E-state index contributed by atoms with van der Waals surface area (Å²) in [5.41, 5.74) is -0.956. The summed E-state index contributed by atoms with van der Waals surface area (Å²) in [5, 5.41) is -1.00. The second-order valence-electron chi connectivity index (χ2n) is 10.4. The molecular weight excluding hydrogens is 560 g/mol. The molecule has 0 N–H and O–H groups in total. The van der Waals surface area contributed by atoms with Gasteiger partial charge in [0.05, 0.1) is 17.5 Å². The number of hydrogen-bond acceptors (Lipinski definition) is 9. The van der Waals surface area contributed by atoms with Gasteiger partial charge in [-0.05, 0) is 56.4 Å². The molecule has 226 valence electrons. The predicted octanol–water partition coefficient (Wildman–Crippen LogP) is 6.23. The highest BCUT2D eigenvalue weighted by molar-refractivity contribution is 7.95. The fraction of sp³-hybridized carbons (Fsp3) is 0.548. The number of hydrogen-bond donors (Lipinski definition) is 0. The Morgan fingerprint density at radius 2 is 1.39 bits per heavy atom. The third-order valence-corrected chi connectivity index (χ3v) is 11.4. The Morgan fingerprint density at radius 3 is 1.95 bits per heavy atom. The lowest BCUT2D eigenvalue weighted by Gasteiger charge is -2.40. The number of carbonyl (C=O) groups excluding carboxylic acids is 2. The van der Waals surface area contributed by atoms with Crippen molar-refractivity contribution in [1.29, 1.82) is 0 Å². The number of cyclic esters (lactones) is 2. The molecule has 0 radical (unpaired) electrons. The Morgan fingerprint density at radius 1 is 0.805 bits per heavy atom. The van der Waals surface area contributed by atoms with E-state index in [9.17, 15) is 9.59 Å². The third-order valence-electron chi connectivity index (χ3n) is 8.09. The van der Waals surface area contributed by atoms with Crippen LogP contribution in [0.25, 0.3) is 0 Å². The second-order valence-corrected chi connectivity index (χ2v) is 13.2. The van der Waals surface area contributed by atoms with Crippen LogP contribution in [0.4, 0.5) is 0 Å². The summed E-state index contributed by atoms with van der Waals surface area (Å²) in [6, 6.07) is 19.1. The standard InChI is InChI=1S/C31H44O8SSi/c1-6-20-29(27(32)37-28(33)30(29,21-7-2)41-39-25-16-12-9-13-17-25)22-18-26(19-23-31(34-3,35-4)36-5)40-38-24-14-10-8-11-15-24/h8-17,26H,6-7,18-23,41H2,1-5H3. The first-order valence-corrected chi connectivity index (χ1v) is 16.4. The van der Waals surface area contributed by atoms with E-state index in [2.05, 4.69) is 0 Å². The van der Waals surface area contributed by atoms with E-state index < -0.39 is 38.1 Å². The van der Waals surface area contributed by atoms with Gasteiger partial charge in [0.25, 0.3) is 5.97 Å². The number of para-hydroxylation sites is 2. The molecule has 1 heterocycles. The third kappa shape index (κ3) is 7.73. The van der Waals surface area contributed by atoms with E-state index in [1.807, 2.05) is 74.5 Å². The molecule has 3 atom stereocenters. The first-order chi connectivity index (χ1) is 19.8. The zero-order valence-corrected chi connectivity index (χ0v) is 27.1. The van der Waals surface area contributed by atoms with Crippen LogP contribution in [0.3, 0.4) is 0 Å². The molecule has 3 unspecified atom stereocenters. The molecule has 1 fully saturated rings. The van der Waals surface area contributed by atoms with E-state index >= 15 is 0 Å². The predicted molar refractivity (Wildman–Crippen MR) is 162 cm³/mol. The zero-order valence-electron chi connectivity index (χ0n) is 24.9. The molecular formula is C31H44O8SSi. The summed E-state index contributed by atoms with van der Waals surface area (Å²) >= 11 is 1.35. The molecule has 2 aromatic carbocycles. The monoisotopic (exact) mass is 604 g/mol. The van der Waals surface area contributed by atoms with Crippen molar-refractivity contribution >= 4 is 33.7 Å². The van der Waals surface area contributed by atoms with E-state index in [1.165, 1.54) is 12.0 Å². The summed E-state index contributed by atoms with van der Waals surface area (Å²) in [6.45, 7) is 4.08. The van der Waals surface area contributed by atoms with Gasteiger partial charge in [0.2, 0.25) is 9.76 Å². The Kier molecular flexibility index (Phi) is 12.7. The largest absolute Gasteiger partial charge is 0.548 e. The Labute approximate surface area is 250 Å². The molecule has 41 heavy (non-hydrogen) atoms. The van der Waals surface area contributed by atoms with Crippen molar-refractivity contribution < 1.29 is 37.1 Å². The lowest BCUT2D eigenvalue weighted by atomic mass is 9.67. The van der Waals surface area contributed by atoms with Gasteiger partial charge in [0, 0.05) is 33.0 Å². The number of esters is 2. The first-order valence-electron chi connectivity index (χ1n) is 14.3. The van der Waals surface area contributed by atoms with Gasteiger partial charge in [-0.25, -0.2) is 0 Å². The molecule has 2 aromatic rings. The molecule has 0 aliphatic carbocycles. The van der Waals surface area contributed by atoms with E-state index in [1.54, 1.807) is 21.3 Å². The molecule has 8 nitrogen and oxygen atoms in total. The van der Waals surface area contributed by atoms with Gasteiger partial charge < -0.3 is 27.6 Å². The minimum atomic E-state index is -1.57. The highest BCUT2D eigenvalue weighted by Gasteiger charge is 2.67. The van der Waals surface area contributed by atoms with Crippen molar-refractivity contribution in [2.24, 2.45) is 5.41 Å². The normalized spacial score (nSPS) is 21.8. The van der Waals surface area contributed by atoms with Crippen LogP contribution in [-0.4, -0.2) is 54.3 Å². The molecule has 1 aliphatic heterocycles. The number of carbonyl (C=O) groups is 2. The van der Waals surface area contributed by atoms with Gasteiger partial charge in [-0.1, -0.05) is 63.1 Å². The van der Waals surface area contributed by atoms with Gasteiger partial charge in [-0.15, -0.1) is 0 Å². The quantitative estimate of drug-likeness (QED) is 0.0609. The van der Waals surface area contributed by atoms with Gasteiger partial charge >= 0.3 is 11.9 Å². The van der Waals surface area contributed by atoms with E-state index in [-0.39, 0.29) is 5.25 Å². The zero-order chi connectivity index (χ0) is 29.8. The van der Waals surface area contributed by atoms with E-state index in [0.717, 1.165) is 18.6 Å². The number of benzene rings is 2. The maximum Gasteiger partial charge on any atom is 0.321 e. The fourth-order valence-electron chi connectivity index (χ4n) is 5.81.